The fraction of sp³-hybridized carbons (Fsp3) is 0.318. The molecule has 1 aliphatic rings. The first-order chi connectivity index (χ1) is 14.9. The van der Waals surface area contributed by atoms with Crippen molar-refractivity contribution in [1.82, 2.24) is 15.1 Å². The Labute approximate surface area is 180 Å². The number of halogens is 2. The van der Waals surface area contributed by atoms with Crippen LogP contribution in [0.25, 0.3) is 0 Å². The van der Waals surface area contributed by atoms with Gasteiger partial charge in [0.25, 0.3) is 0 Å². The van der Waals surface area contributed by atoms with Crippen LogP contribution in [-0.2, 0) is 0 Å². The third-order valence-electron chi connectivity index (χ3n) is 5.07. The zero-order valence-corrected chi connectivity index (χ0v) is 17.3. The molecule has 2 amide bonds. The number of aliphatic imine (C=N–C) groups is 1. The maximum atomic E-state index is 14.1. The van der Waals surface area contributed by atoms with E-state index >= 15 is 0 Å². The summed E-state index contributed by atoms with van der Waals surface area (Å²) in [4.78, 5) is 20.4. The molecule has 0 bridgehead atoms. The summed E-state index contributed by atoms with van der Waals surface area (Å²) in [5.41, 5.74) is 0.496. The average Bonchev–Trinajstić information content (AvgIpc) is 2.76. The van der Waals surface area contributed by atoms with Crippen LogP contribution in [0.3, 0.4) is 0 Å². The van der Waals surface area contributed by atoms with Gasteiger partial charge in [-0.1, -0.05) is 32.0 Å². The van der Waals surface area contributed by atoms with Crippen molar-refractivity contribution in [2.24, 2.45) is 10.9 Å². The van der Waals surface area contributed by atoms with Crippen molar-refractivity contribution >= 4 is 23.4 Å². The Morgan fingerprint density at radius 3 is 2.61 bits per heavy atom. The monoisotopic (exact) mass is 426 g/mol. The van der Waals surface area contributed by atoms with Crippen LogP contribution in [0.1, 0.15) is 13.8 Å². The molecule has 1 heterocycles. The number of piperazine rings is 1. The predicted molar refractivity (Wildman–Crippen MR) is 115 cm³/mol. The van der Waals surface area contributed by atoms with Crippen LogP contribution < -0.4 is 10.6 Å². The quantitative estimate of drug-likeness (QED) is 0.338. The molecular formula is C22H24F2N6O. The minimum absolute atomic E-state index is 0.0929. The average molecular weight is 426 g/mol. The Bertz CT molecular complexity index is 989. The summed E-state index contributed by atoms with van der Waals surface area (Å²) in [5, 5.41) is 14.5. The number of para-hydroxylation sites is 1. The molecule has 2 aromatic carbocycles. The predicted octanol–water partition coefficient (Wildman–Crippen LogP) is 3.90. The lowest BCUT2D eigenvalue weighted by Gasteiger charge is -2.44. The maximum absolute atomic E-state index is 14.1. The Kier molecular flexibility index (Phi) is 7.03. The van der Waals surface area contributed by atoms with E-state index in [1.165, 1.54) is 0 Å². The molecule has 9 heteroatoms. The smallest absolute Gasteiger partial charge is 0.321 e. The van der Waals surface area contributed by atoms with Crippen LogP contribution in [0.5, 0.6) is 0 Å². The van der Waals surface area contributed by atoms with Gasteiger partial charge in [0, 0.05) is 31.4 Å². The zero-order chi connectivity index (χ0) is 22.4. The number of benzene rings is 2. The van der Waals surface area contributed by atoms with E-state index in [0.29, 0.717) is 25.3 Å². The van der Waals surface area contributed by atoms with Crippen LogP contribution in [0.4, 0.5) is 25.0 Å². The number of nitrogens with zero attached hydrogens (tertiary/aromatic N) is 4. The standard InChI is InChI=1S/C22H24F2N6O/c1-15(2)20-13-29(22(31)27-17-6-4-3-5-7-17)10-11-30(20)21(26-14-25)28-19-12-16(23)8-9-18(19)24/h3-9,12,15,20H,10-11,13H2,1-2H3,(H,26,28)(H,27,31). The van der Waals surface area contributed by atoms with Gasteiger partial charge in [0.1, 0.15) is 17.3 Å². The topological polar surface area (TPSA) is 83.8 Å². The van der Waals surface area contributed by atoms with Gasteiger partial charge < -0.3 is 15.1 Å². The van der Waals surface area contributed by atoms with E-state index in [1.54, 1.807) is 4.90 Å². The van der Waals surface area contributed by atoms with Crippen LogP contribution >= 0.6 is 0 Å². The number of anilines is 1. The molecule has 1 saturated heterocycles. The number of nitriles is 1. The number of hydrogen-bond acceptors (Lipinski definition) is 3. The van der Waals surface area contributed by atoms with Crippen molar-refractivity contribution in [3.63, 3.8) is 0 Å². The molecule has 0 aliphatic carbocycles. The summed E-state index contributed by atoms with van der Waals surface area (Å²) in [7, 11) is 0. The van der Waals surface area contributed by atoms with E-state index in [2.05, 4.69) is 15.6 Å². The second kappa shape index (κ2) is 9.89. The van der Waals surface area contributed by atoms with Crippen molar-refractivity contribution in [3.05, 3.63) is 60.2 Å². The summed E-state index contributed by atoms with van der Waals surface area (Å²) in [6.07, 6.45) is 1.81. The van der Waals surface area contributed by atoms with Gasteiger partial charge in [0.05, 0.1) is 6.04 Å². The lowest BCUT2D eigenvalue weighted by molar-refractivity contribution is 0.118. The molecule has 0 aromatic heterocycles. The number of nitrogens with one attached hydrogen (secondary N) is 2. The van der Waals surface area contributed by atoms with Gasteiger partial charge in [0.15, 0.2) is 6.19 Å². The van der Waals surface area contributed by atoms with Crippen molar-refractivity contribution in [2.75, 3.05) is 25.0 Å². The molecule has 1 unspecified atom stereocenters. The summed E-state index contributed by atoms with van der Waals surface area (Å²) in [5.74, 6) is -1.11. The van der Waals surface area contributed by atoms with Crippen molar-refractivity contribution in [1.29, 1.82) is 5.26 Å². The molecule has 162 valence electrons. The van der Waals surface area contributed by atoms with Crippen LogP contribution in [-0.4, -0.2) is 47.5 Å². The first-order valence-corrected chi connectivity index (χ1v) is 9.95. The number of carbonyl (C=O) groups excluding carboxylic acids is 1. The molecule has 31 heavy (non-hydrogen) atoms. The summed E-state index contributed by atoms with van der Waals surface area (Å²) in [6.45, 7) is 5.11. The lowest BCUT2D eigenvalue weighted by atomic mass is 10.00. The van der Waals surface area contributed by atoms with Gasteiger partial charge in [0.2, 0.25) is 5.96 Å². The molecule has 0 saturated carbocycles. The fourth-order valence-electron chi connectivity index (χ4n) is 3.45. The number of guanidine groups is 1. The Morgan fingerprint density at radius 1 is 1.19 bits per heavy atom. The molecule has 0 spiro atoms. The van der Waals surface area contributed by atoms with Gasteiger partial charge in [-0.25, -0.2) is 18.6 Å². The highest BCUT2D eigenvalue weighted by Crippen LogP contribution is 2.23. The third-order valence-corrected chi connectivity index (χ3v) is 5.07. The Morgan fingerprint density at radius 2 is 1.94 bits per heavy atom. The number of amides is 2. The molecule has 2 N–H and O–H groups in total. The number of hydrogen-bond donors (Lipinski definition) is 2. The number of rotatable bonds is 3. The van der Waals surface area contributed by atoms with Crippen molar-refractivity contribution in [3.8, 4) is 6.19 Å². The minimum atomic E-state index is -0.694. The van der Waals surface area contributed by atoms with E-state index in [1.807, 2.05) is 55.3 Å². The summed E-state index contributed by atoms with van der Waals surface area (Å²) < 4.78 is 27.7. The van der Waals surface area contributed by atoms with Gasteiger partial charge in [-0.15, -0.1) is 0 Å². The fourth-order valence-corrected chi connectivity index (χ4v) is 3.45. The van der Waals surface area contributed by atoms with Crippen LogP contribution in [0.2, 0.25) is 0 Å². The first kappa shape index (κ1) is 22.0. The third kappa shape index (κ3) is 5.48. The van der Waals surface area contributed by atoms with Crippen LogP contribution in [0, 0.1) is 29.0 Å². The normalized spacial score (nSPS) is 16.8. The highest BCUT2D eigenvalue weighted by molar-refractivity contribution is 5.90. The molecule has 3 rings (SSSR count). The SMILES string of the molecule is CC(C)C1CN(C(=O)Nc2ccccc2)CCN1C(=Nc1cc(F)ccc1F)NC#N. The van der Waals surface area contributed by atoms with E-state index in [-0.39, 0.29) is 29.6 Å². The van der Waals surface area contributed by atoms with Crippen LogP contribution in [0.15, 0.2) is 53.5 Å². The van der Waals surface area contributed by atoms with E-state index < -0.39 is 11.6 Å². The number of urea groups is 1. The second-order valence-electron chi connectivity index (χ2n) is 7.51. The first-order valence-electron chi connectivity index (χ1n) is 9.95. The number of carbonyl (C=O) groups is 1. The second-order valence-corrected chi connectivity index (χ2v) is 7.51. The van der Waals surface area contributed by atoms with Gasteiger partial charge >= 0.3 is 6.03 Å². The summed E-state index contributed by atoms with van der Waals surface area (Å²) >= 11 is 0. The van der Waals surface area contributed by atoms with Crippen molar-refractivity contribution < 1.29 is 13.6 Å². The van der Waals surface area contributed by atoms with E-state index in [0.717, 1.165) is 18.2 Å². The molecule has 1 aliphatic heterocycles. The van der Waals surface area contributed by atoms with E-state index in [9.17, 15) is 18.8 Å². The minimum Gasteiger partial charge on any atom is -0.335 e. The maximum Gasteiger partial charge on any atom is 0.321 e. The largest absolute Gasteiger partial charge is 0.335 e. The molecule has 2 aromatic rings. The lowest BCUT2D eigenvalue weighted by Crippen LogP contribution is -2.60. The van der Waals surface area contributed by atoms with Gasteiger partial charge in [-0.05, 0) is 30.2 Å². The van der Waals surface area contributed by atoms with Gasteiger partial charge in [-0.2, -0.15) is 5.26 Å². The van der Waals surface area contributed by atoms with Gasteiger partial charge in [-0.3, -0.25) is 5.32 Å². The highest BCUT2D eigenvalue weighted by Gasteiger charge is 2.33. The highest BCUT2D eigenvalue weighted by atomic mass is 19.1. The Hall–Kier alpha value is -3.67. The molecule has 0 radical (unpaired) electrons. The molecule has 7 nitrogen and oxygen atoms in total. The molecule has 1 atom stereocenters. The zero-order valence-electron chi connectivity index (χ0n) is 17.3. The van der Waals surface area contributed by atoms with Crippen molar-refractivity contribution in [2.45, 2.75) is 19.9 Å². The Balaban J connectivity index is 1.82. The molecular weight excluding hydrogens is 402 g/mol. The molecule has 1 fully saturated rings. The summed E-state index contributed by atoms with van der Waals surface area (Å²) in [6, 6.07) is 11.7. The van der Waals surface area contributed by atoms with E-state index in [4.69, 9.17) is 0 Å².